The summed E-state index contributed by atoms with van der Waals surface area (Å²) in [5.41, 5.74) is 4.72. The molecule has 1 unspecified atom stereocenters. The maximum atomic E-state index is 12.3. The molecule has 18 heavy (non-hydrogen) atoms. The zero-order chi connectivity index (χ0) is 13.9. The second kappa shape index (κ2) is 5.51. The summed E-state index contributed by atoms with van der Waals surface area (Å²) in [4.78, 5) is 5.86. The highest BCUT2D eigenvalue weighted by Crippen LogP contribution is 2.29. The molecule has 0 aliphatic carbocycles. The van der Waals surface area contributed by atoms with Gasteiger partial charge < -0.3 is 10.6 Å². The lowest BCUT2D eigenvalue weighted by Gasteiger charge is -2.22. The Labute approximate surface area is 109 Å². The van der Waals surface area contributed by atoms with Gasteiger partial charge in [-0.25, -0.2) is 4.98 Å². The topological polar surface area (TPSA) is 42.2 Å². The average molecular weight is 277 g/mol. The van der Waals surface area contributed by atoms with E-state index in [-0.39, 0.29) is 5.92 Å². The average Bonchev–Trinajstić information content (AvgIpc) is 2.27. The van der Waals surface area contributed by atoms with Crippen LogP contribution in [-0.2, 0) is 6.18 Å². The Balaban J connectivity index is 2.76. The van der Waals surface area contributed by atoms with Gasteiger partial charge in [-0.1, -0.05) is 19.1 Å². The fourth-order valence-electron chi connectivity index (χ4n) is 1.37. The summed E-state index contributed by atoms with van der Waals surface area (Å²) in [5.74, 6) is 0.417. The van der Waals surface area contributed by atoms with E-state index < -0.39 is 11.7 Å². The van der Waals surface area contributed by atoms with Crippen LogP contribution >= 0.6 is 12.2 Å². The third kappa shape index (κ3) is 3.83. The summed E-state index contributed by atoms with van der Waals surface area (Å²) >= 11 is 4.84. The summed E-state index contributed by atoms with van der Waals surface area (Å²) in [5, 5.41) is 0. The molecule has 2 N–H and O–H groups in total. The zero-order valence-corrected chi connectivity index (χ0v) is 10.8. The largest absolute Gasteiger partial charge is 0.417 e. The van der Waals surface area contributed by atoms with Crippen LogP contribution in [0.2, 0.25) is 0 Å². The van der Waals surface area contributed by atoms with E-state index in [0.717, 1.165) is 12.3 Å². The van der Waals surface area contributed by atoms with Crippen LogP contribution in [0.4, 0.5) is 19.0 Å². The van der Waals surface area contributed by atoms with Crippen molar-refractivity contribution in [3.63, 3.8) is 0 Å². The number of hydrogen-bond donors (Lipinski definition) is 1. The quantitative estimate of drug-likeness (QED) is 0.858. The molecule has 0 fully saturated rings. The molecule has 1 heterocycles. The maximum absolute atomic E-state index is 12.3. The number of anilines is 1. The lowest BCUT2D eigenvalue weighted by Crippen LogP contribution is -2.31. The van der Waals surface area contributed by atoms with Crippen LogP contribution in [0.5, 0.6) is 0 Å². The molecule has 0 aliphatic rings. The molecular weight excluding hydrogens is 263 g/mol. The van der Waals surface area contributed by atoms with Gasteiger partial charge in [-0.2, -0.15) is 13.2 Å². The highest BCUT2D eigenvalue weighted by atomic mass is 32.1. The van der Waals surface area contributed by atoms with Crippen LogP contribution in [0.1, 0.15) is 12.5 Å². The second-order valence-corrected chi connectivity index (χ2v) is 4.56. The van der Waals surface area contributed by atoms with E-state index in [1.165, 1.54) is 6.07 Å². The fraction of sp³-hybridized carbons (Fsp3) is 0.455. The number of nitrogens with zero attached hydrogens (tertiary/aromatic N) is 2. The minimum atomic E-state index is -4.36. The van der Waals surface area contributed by atoms with Gasteiger partial charge in [0.05, 0.1) is 10.6 Å². The summed E-state index contributed by atoms with van der Waals surface area (Å²) < 4.78 is 37.0. The molecule has 3 nitrogen and oxygen atoms in total. The molecule has 0 saturated carbocycles. The van der Waals surface area contributed by atoms with Crippen LogP contribution in [0.15, 0.2) is 18.3 Å². The molecular formula is C11H14F3N3S. The van der Waals surface area contributed by atoms with Gasteiger partial charge in [0, 0.05) is 25.7 Å². The molecule has 1 rings (SSSR count). The number of nitrogens with two attached hydrogens (primary N) is 1. The lowest BCUT2D eigenvalue weighted by atomic mass is 10.1. The minimum absolute atomic E-state index is 0.0332. The smallest absolute Gasteiger partial charge is 0.393 e. The molecule has 7 heteroatoms. The predicted octanol–water partition coefficient (Wildman–Crippen LogP) is 2.46. The second-order valence-electron chi connectivity index (χ2n) is 4.09. The first-order valence-electron chi connectivity index (χ1n) is 5.25. The van der Waals surface area contributed by atoms with Gasteiger partial charge in [-0.05, 0) is 12.1 Å². The molecule has 0 bridgehead atoms. The monoisotopic (exact) mass is 277 g/mol. The molecule has 1 aromatic rings. The summed E-state index contributed by atoms with van der Waals surface area (Å²) in [6.45, 7) is 2.36. The maximum Gasteiger partial charge on any atom is 0.417 e. The summed E-state index contributed by atoms with van der Waals surface area (Å²) in [6, 6.07) is 2.33. The van der Waals surface area contributed by atoms with Gasteiger partial charge >= 0.3 is 6.18 Å². The van der Waals surface area contributed by atoms with Gasteiger partial charge in [0.2, 0.25) is 0 Å². The van der Waals surface area contributed by atoms with Crippen molar-refractivity contribution in [1.82, 2.24) is 4.98 Å². The Morgan fingerprint density at radius 2 is 2.11 bits per heavy atom. The molecule has 0 saturated heterocycles. The van der Waals surface area contributed by atoms with E-state index in [1.54, 1.807) is 11.9 Å². The first kappa shape index (κ1) is 14.7. The third-order valence-electron chi connectivity index (χ3n) is 2.50. The summed E-state index contributed by atoms with van der Waals surface area (Å²) in [6.07, 6.45) is -3.55. The van der Waals surface area contributed by atoms with Crippen molar-refractivity contribution in [3.8, 4) is 0 Å². The Morgan fingerprint density at radius 1 is 1.50 bits per heavy atom. The number of thiocarbonyl (C=S) groups is 1. The van der Waals surface area contributed by atoms with Crippen molar-refractivity contribution in [3.05, 3.63) is 23.9 Å². The Bertz CT molecular complexity index is 417. The highest BCUT2D eigenvalue weighted by Gasteiger charge is 2.30. The van der Waals surface area contributed by atoms with Crippen molar-refractivity contribution in [2.24, 2.45) is 11.7 Å². The van der Waals surface area contributed by atoms with Gasteiger partial charge in [-0.3, -0.25) is 0 Å². The van der Waals surface area contributed by atoms with Crippen molar-refractivity contribution >= 4 is 23.0 Å². The first-order valence-corrected chi connectivity index (χ1v) is 5.66. The normalized spacial score (nSPS) is 13.2. The molecule has 0 aromatic carbocycles. The van der Waals surface area contributed by atoms with Crippen LogP contribution in [-0.4, -0.2) is 23.6 Å². The van der Waals surface area contributed by atoms with Gasteiger partial charge in [-0.15, -0.1) is 0 Å². The lowest BCUT2D eigenvalue weighted by molar-refractivity contribution is -0.137. The number of hydrogen-bond acceptors (Lipinski definition) is 3. The van der Waals surface area contributed by atoms with Crippen LogP contribution in [0, 0.1) is 5.92 Å². The third-order valence-corrected chi connectivity index (χ3v) is 2.90. The number of rotatable bonds is 4. The summed E-state index contributed by atoms with van der Waals surface area (Å²) in [7, 11) is 1.73. The Kier molecular flexibility index (Phi) is 4.50. The number of halogens is 3. The first-order chi connectivity index (χ1) is 8.21. The molecule has 0 radical (unpaired) electrons. The highest BCUT2D eigenvalue weighted by molar-refractivity contribution is 7.80. The standard InChI is InChI=1S/C11H14F3N3S/c1-7(10(15)18)6-17(2)9-4-3-8(5-16-9)11(12,13)14/h3-5,7H,6H2,1-2H3,(H2,15,18). The fourth-order valence-corrected chi connectivity index (χ4v) is 1.45. The van der Waals surface area contributed by atoms with Gasteiger partial charge in [0.1, 0.15) is 5.82 Å². The van der Waals surface area contributed by atoms with E-state index >= 15 is 0 Å². The van der Waals surface area contributed by atoms with E-state index in [2.05, 4.69) is 4.98 Å². The van der Waals surface area contributed by atoms with Crippen molar-refractivity contribution < 1.29 is 13.2 Å². The Morgan fingerprint density at radius 3 is 2.50 bits per heavy atom. The SMILES string of the molecule is CC(CN(C)c1ccc(C(F)(F)F)cn1)C(N)=S. The van der Waals surface area contributed by atoms with Crippen molar-refractivity contribution in [1.29, 1.82) is 0 Å². The van der Waals surface area contributed by atoms with E-state index in [0.29, 0.717) is 17.4 Å². The van der Waals surface area contributed by atoms with Gasteiger partial charge in [0.25, 0.3) is 0 Å². The van der Waals surface area contributed by atoms with E-state index in [1.807, 2.05) is 6.92 Å². The van der Waals surface area contributed by atoms with Crippen molar-refractivity contribution in [2.75, 3.05) is 18.5 Å². The number of pyridine rings is 1. The minimum Gasteiger partial charge on any atom is -0.393 e. The molecule has 0 amide bonds. The van der Waals surface area contributed by atoms with Crippen LogP contribution < -0.4 is 10.6 Å². The van der Waals surface area contributed by atoms with Gasteiger partial charge in [0.15, 0.2) is 0 Å². The van der Waals surface area contributed by atoms with Crippen LogP contribution in [0.3, 0.4) is 0 Å². The van der Waals surface area contributed by atoms with Crippen LogP contribution in [0.25, 0.3) is 0 Å². The van der Waals surface area contributed by atoms with Crippen molar-refractivity contribution in [2.45, 2.75) is 13.1 Å². The molecule has 1 aromatic heterocycles. The predicted molar refractivity (Wildman–Crippen MR) is 68.5 cm³/mol. The zero-order valence-electron chi connectivity index (χ0n) is 10.0. The van der Waals surface area contributed by atoms with E-state index in [4.69, 9.17) is 18.0 Å². The molecule has 0 aliphatic heterocycles. The molecule has 1 atom stereocenters. The van der Waals surface area contributed by atoms with E-state index in [9.17, 15) is 13.2 Å². The Hall–Kier alpha value is -1.37. The molecule has 100 valence electrons. The number of alkyl halides is 3. The number of aromatic nitrogens is 1. The molecule has 0 spiro atoms.